The third kappa shape index (κ3) is 1.59. The lowest BCUT2D eigenvalue weighted by Crippen LogP contribution is -2.49. The molecule has 0 aromatic rings. The van der Waals surface area contributed by atoms with Crippen LogP contribution in [0.15, 0.2) is 0 Å². The zero-order valence-corrected chi connectivity index (χ0v) is 9.61. The maximum atomic E-state index is 3.44. The number of piperazine rings is 1. The predicted molar refractivity (Wildman–Crippen MR) is 61.9 cm³/mol. The Labute approximate surface area is 90.8 Å². The molecule has 1 aliphatic carbocycles. The molecule has 3 rings (SSSR count). The van der Waals surface area contributed by atoms with E-state index in [9.17, 15) is 0 Å². The Hall–Kier alpha value is 0.270. The lowest BCUT2D eigenvalue weighted by Gasteiger charge is -2.39. The summed E-state index contributed by atoms with van der Waals surface area (Å²) in [6.07, 6.45) is 5.97. The van der Waals surface area contributed by atoms with E-state index in [-0.39, 0.29) is 0 Å². The topological polar surface area (TPSA) is 15.3 Å². The largest absolute Gasteiger partial charge is 0.314 e. The molecule has 3 fully saturated rings. The van der Waals surface area contributed by atoms with Crippen molar-refractivity contribution in [3.8, 4) is 0 Å². The van der Waals surface area contributed by atoms with Gasteiger partial charge < -0.3 is 5.32 Å². The molecule has 0 radical (unpaired) electrons. The smallest absolute Gasteiger partial charge is 0.0200 e. The van der Waals surface area contributed by atoms with Gasteiger partial charge in [-0.2, -0.15) is 11.8 Å². The van der Waals surface area contributed by atoms with Gasteiger partial charge >= 0.3 is 0 Å². The summed E-state index contributed by atoms with van der Waals surface area (Å²) >= 11 is 2.27. The highest BCUT2D eigenvalue weighted by atomic mass is 32.2. The van der Waals surface area contributed by atoms with Crippen LogP contribution in [0, 0.1) is 0 Å². The second kappa shape index (κ2) is 3.69. The van der Waals surface area contributed by atoms with Crippen LogP contribution in [0.2, 0.25) is 0 Å². The van der Waals surface area contributed by atoms with Crippen molar-refractivity contribution in [2.45, 2.75) is 36.5 Å². The van der Waals surface area contributed by atoms with Gasteiger partial charge in [-0.3, -0.25) is 4.90 Å². The summed E-state index contributed by atoms with van der Waals surface area (Å²) in [5.41, 5.74) is 0. The monoisotopic (exact) mass is 212 g/mol. The van der Waals surface area contributed by atoms with E-state index in [0.29, 0.717) is 0 Å². The summed E-state index contributed by atoms with van der Waals surface area (Å²) in [5, 5.41) is 3.44. The zero-order valence-electron chi connectivity index (χ0n) is 8.80. The Morgan fingerprint density at radius 1 is 1.21 bits per heavy atom. The molecular weight excluding hydrogens is 192 g/mol. The molecule has 1 unspecified atom stereocenters. The quantitative estimate of drug-likeness (QED) is 0.706. The Kier molecular flexibility index (Phi) is 2.50. The second-order valence-electron chi connectivity index (χ2n) is 4.99. The van der Waals surface area contributed by atoms with E-state index in [1.54, 1.807) is 0 Å². The third-order valence-corrected chi connectivity index (χ3v) is 5.86. The lowest BCUT2D eigenvalue weighted by atomic mass is 9.80. The van der Waals surface area contributed by atoms with Crippen LogP contribution in [0.5, 0.6) is 0 Å². The second-order valence-corrected chi connectivity index (χ2v) is 6.48. The SMILES string of the molecule is C1CC2(C1)CC(N1CCNCC1)CS2. The van der Waals surface area contributed by atoms with Gasteiger partial charge in [0.25, 0.3) is 0 Å². The molecule has 3 heteroatoms. The standard InChI is InChI=1S/C11H20N2S/c1-2-11(3-1)8-10(9-14-11)13-6-4-12-5-7-13/h10,12H,1-9H2. The minimum Gasteiger partial charge on any atom is -0.314 e. The maximum Gasteiger partial charge on any atom is 0.0200 e. The van der Waals surface area contributed by atoms with Crippen LogP contribution < -0.4 is 5.32 Å². The van der Waals surface area contributed by atoms with Gasteiger partial charge in [0.05, 0.1) is 0 Å². The van der Waals surface area contributed by atoms with Crippen LogP contribution >= 0.6 is 11.8 Å². The Bertz CT molecular complexity index is 209. The molecule has 2 nitrogen and oxygen atoms in total. The molecule has 80 valence electrons. The molecule has 3 aliphatic rings. The number of hydrogen-bond acceptors (Lipinski definition) is 3. The maximum absolute atomic E-state index is 3.44. The Morgan fingerprint density at radius 2 is 2.00 bits per heavy atom. The number of nitrogens with zero attached hydrogens (tertiary/aromatic N) is 1. The minimum absolute atomic E-state index is 0.746. The van der Waals surface area contributed by atoms with Crippen LogP contribution in [0.3, 0.4) is 0 Å². The molecule has 1 N–H and O–H groups in total. The van der Waals surface area contributed by atoms with E-state index in [2.05, 4.69) is 22.0 Å². The number of thioether (sulfide) groups is 1. The van der Waals surface area contributed by atoms with Crippen molar-refractivity contribution >= 4 is 11.8 Å². The van der Waals surface area contributed by atoms with Crippen LogP contribution in [-0.2, 0) is 0 Å². The third-order valence-electron chi connectivity index (χ3n) is 4.12. The molecule has 1 spiro atoms. The average Bonchev–Trinajstić information content (AvgIpc) is 2.63. The van der Waals surface area contributed by atoms with Gasteiger partial charge in [0, 0.05) is 42.7 Å². The summed E-state index contributed by atoms with van der Waals surface area (Å²) < 4.78 is 0.746. The number of hydrogen-bond donors (Lipinski definition) is 1. The highest BCUT2D eigenvalue weighted by Crippen LogP contribution is 2.52. The van der Waals surface area contributed by atoms with Gasteiger partial charge in [0.1, 0.15) is 0 Å². The first-order valence-electron chi connectivity index (χ1n) is 5.97. The molecule has 14 heavy (non-hydrogen) atoms. The van der Waals surface area contributed by atoms with Crippen molar-refractivity contribution in [1.82, 2.24) is 10.2 Å². The fourth-order valence-corrected chi connectivity index (χ4v) is 4.78. The average molecular weight is 212 g/mol. The van der Waals surface area contributed by atoms with Crippen LogP contribution in [-0.4, -0.2) is 47.6 Å². The molecule has 0 aromatic heterocycles. The van der Waals surface area contributed by atoms with E-state index in [1.165, 1.54) is 57.6 Å². The summed E-state index contributed by atoms with van der Waals surface area (Å²) in [6, 6.07) is 0.905. The van der Waals surface area contributed by atoms with E-state index < -0.39 is 0 Å². The summed E-state index contributed by atoms with van der Waals surface area (Å²) in [7, 11) is 0. The summed E-state index contributed by atoms with van der Waals surface area (Å²) in [4.78, 5) is 2.72. The highest BCUT2D eigenvalue weighted by molar-refractivity contribution is 8.01. The van der Waals surface area contributed by atoms with Crippen LogP contribution in [0.25, 0.3) is 0 Å². The minimum atomic E-state index is 0.746. The van der Waals surface area contributed by atoms with Crippen molar-refractivity contribution < 1.29 is 0 Å². The van der Waals surface area contributed by atoms with E-state index in [4.69, 9.17) is 0 Å². The summed E-state index contributed by atoms with van der Waals surface area (Å²) in [6.45, 7) is 4.96. The Morgan fingerprint density at radius 3 is 2.57 bits per heavy atom. The van der Waals surface area contributed by atoms with Gasteiger partial charge in [0.2, 0.25) is 0 Å². The lowest BCUT2D eigenvalue weighted by molar-refractivity contribution is 0.164. The van der Waals surface area contributed by atoms with Crippen molar-refractivity contribution in [1.29, 1.82) is 0 Å². The molecule has 1 saturated carbocycles. The highest BCUT2D eigenvalue weighted by Gasteiger charge is 2.45. The molecular formula is C11H20N2S. The van der Waals surface area contributed by atoms with Gasteiger partial charge in [-0.15, -0.1) is 0 Å². The van der Waals surface area contributed by atoms with Gasteiger partial charge in [-0.1, -0.05) is 6.42 Å². The normalized spacial score (nSPS) is 37.3. The fourth-order valence-electron chi connectivity index (χ4n) is 3.02. The predicted octanol–water partition coefficient (Wildman–Crippen LogP) is 1.32. The van der Waals surface area contributed by atoms with Crippen LogP contribution in [0.4, 0.5) is 0 Å². The fraction of sp³-hybridized carbons (Fsp3) is 1.00. The molecule has 1 atom stereocenters. The molecule has 2 aliphatic heterocycles. The Balaban J connectivity index is 1.58. The van der Waals surface area contributed by atoms with E-state index in [1.807, 2.05) is 0 Å². The molecule has 0 bridgehead atoms. The molecule has 2 saturated heterocycles. The molecule has 0 aromatic carbocycles. The van der Waals surface area contributed by atoms with Gasteiger partial charge in [-0.05, 0) is 19.3 Å². The van der Waals surface area contributed by atoms with Crippen molar-refractivity contribution in [3.63, 3.8) is 0 Å². The molecule has 2 heterocycles. The van der Waals surface area contributed by atoms with Gasteiger partial charge in [-0.25, -0.2) is 0 Å². The zero-order chi connectivity index (χ0) is 9.43. The van der Waals surface area contributed by atoms with Crippen molar-refractivity contribution in [2.24, 2.45) is 0 Å². The number of nitrogens with one attached hydrogen (secondary N) is 1. The van der Waals surface area contributed by atoms with Gasteiger partial charge in [0.15, 0.2) is 0 Å². The first kappa shape index (κ1) is 9.49. The summed E-state index contributed by atoms with van der Waals surface area (Å²) in [5.74, 6) is 1.40. The first-order valence-corrected chi connectivity index (χ1v) is 6.95. The number of rotatable bonds is 1. The van der Waals surface area contributed by atoms with E-state index >= 15 is 0 Å². The first-order chi connectivity index (χ1) is 6.88. The van der Waals surface area contributed by atoms with Crippen molar-refractivity contribution in [3.05, 3.63) is 0 Å². The van der Waals surface area contributed by atoms with Crippen molar-refractivity contribution in [2.75, 3.05) is 31.9 Å². The van der Waals surface area contributed by atoms with E-state index in [0.717, 1.165) is 10.8 Å². The molecule has 0 amide bonds. The van der Waals surface area contributed by atoms with Crippen LogP contribution in [0.1, 0.15) is 25.7 Å².